The molecular weight excluding hydrogens is 336 g/mol. The summed E-state index contributed by atoms with van der Waals surface area (Å²) in [6.07, 6.45) is 5.62. The summed E-state index contributed by atoms with van der Waals surface area (Å²) in [7, 11) is 0. The third-order valence-corrected chi connectivity index (χ3v) is 4.13. The van der Waals surface area contributed by atoms with Crippen LogP contribution in [0.3, 0.4) is 0 Å². The summed E-state index contributed by atoms with van der Waals surface area (Å²) in [4.78, 5) is 0. The predicted molar refractivity (Wildman–Crippen MR) is 135 cm³/mol. The first-order valence-corrected chi connectivity index (χ1v) is 10.1. The first-order valence-electron chi connectivity index (χ1n) is 10.1. The first kappa shape index (κ1) is 27.6. The molecule has 0 bridgehead atoms. The summed E-state index contributed by atoms with van der Waals surface area (Å²) in [6.45, 7) is 31.6. The molecule has 0 aliphatic rings. The normalized spacial score (nSPS) is 8.57. The molecule has 0 aromatic heterocycles. The lowest BCUT2D eigenvalue weighted by molar-refractivity contribution is 1.32. The molecule has 0 fully saturated rings. The molecule has 2 rings (SSSR count). The van der Waals surface area contributed by atoms with Gasteiger partial charge >= 0.3 is 0 Å². The van der Waals surface area contributed by atoms with Crippen molar-refractivity contribution in [3.8, 4) is 0 Å². The lowest BCUT2D eigenvalue weighted by Crippen LogP contribution is -1.89. The van der Waals surface area contributed by atoms with Crippen LogP contribution in [0.5, 0.6) is 0 Å². The Morgan fingerprint density at radius 3 is 1.68 bits per heavy atom. The molecule has 0 atom stereocenters. The van der Waals surface area contributed by atoms with E-state index in [9.17, 15) is 0 Å². The van der Waals surface area contributed by atoms with Crippen molar-refractivity contribution in [3.05, 3.63) is 95.6 Å². The molecule has 2 aromatic carbocycles. The fourth-order valence-electron chi connectivity index (χ4n) is 2.53. The molecule has 0 N–H and O–H groups in total. The van der Waals surface area contributed by atoms with E-state index < -0.39 is 0 Å². The molecule has 152 valence electrons. The van der Waals surface area contributed by atoms with E-state index in [-0.39, 0.29) is 0 Å². The standard InChI is InChI=1S/2C12H14.2C2H6/c1-5-11-7-6-10(4)8-12(11)9(2)3;1-5-11-8-7-9(3)10(4)12(11)6-2;2*1-2/h2*5-8H,1-2H2,3-4H3;2*1-2H3. The van der Waals surface area contributed by atoms with Gasteiger partial charge in [-0.15, -0.1) is 0 Å². The Morgan fingerprint density at radius 2 is 1.25 bits per heavy atom. The Labute approximate surface area is 175 Å². The maximum Gasteiger partial charge on any atom is -0.0158 e. The molecular formula is C28H40. The van der Waals surface area contributed by atoms with Crippen LogP contribution in [0.15, 0.2) is 56.6 Å². The zero-order chi connectivity index (χ0) is 22.3. The molecule has 2 aromatic rings. The second-order valence-electron chi connectivity index (χ2n) is 5.99. The van der Waals surface area contributed by atoms with E-state index in [0.29, 0.717) is 0 Å². The molecule has 0 spiro atoms. The van der Waals surface area contributed by atoms with Crippen LogP contribution in [0, 0.1) is 20.8 Å². The van der Waals surface area contributed by atoms with Gasteiger partial charge < -0.3 is 0 Å². The largest absolute Gasteiger partial charge is 0.0984 e. The van der Waals surface area contributed by atoms with Crippen LogP contribution in [0.25, 0.3) is 23.8 Å². The zero-order valence-electron chi connectivity index (χ0n) is 19.4. The Balaban J connectivity index is 0. The van der Waals surface area contributed by atoms with Gasteiger partial charge in [0.1, 0.15) is 0 Å². The third kappa shape index (κ3) is 8.39. The maximum absolute atomic E-state index is 3.93. The monoisotopic (exact) mass is 376 g/mol. The van der Waals surface area contributed by atoms with Crippen molar-refractivity contribution in [1.82, 2.24) is 0 Å². The quantitative estimate of drug-likeness (QED) is 0.498. The fraction of sp³-hybridized carbons (Fsp3) is 0.286. The third-order valence-electron chi connectivity index (χ3n) is 4.13. The summed E-state index contributed by atoms with van der Waals surface area (Å²) < 4.78 is 0. The van der Waals surface area contributed by atoms with Crippen LogP contribution >= 0.6 is 0 Å². The van der Waals surface area contributed by atoms with E-state index in [2.05, 4.69) is 77.4 Å². The molecule has 0 radical (unpaired) electrons. The summed E-state index contributed by atoms with van der Waals surface area (Å²) >= 11 is 0. The van der Waals surface area contributed by atoms with Crippen molar-refractivity contribution in [3.63, 3.8) is 0 Å². The molecule has 0 heterocycles. The summed E-state index contributed by atoms with van der Waals surface area (Å²) in [5.41, 5.74) is 9.67. The summed E-state index contributed by atoms with van der Waals surface area (Å²) in [5, 5.41) is 0. The maximum atomic E-state index is 3.93. The van der Waals surface area contributed by atoms with Crippen molar-refractivity contribution in [2.45, 2.75) is 55.4 Å². The minimum absolute atomic E-state index is 1.09. The highest BCUT2D eigenvalue weighted by molar-refractivity contribution is 5.72. The average molecular weight is 377 g/mol. The number of rotatable bonds is 4. The molecule has 0 unspecified atom stereocenters. The lowest BCUT2D eigenvalue weighted by Gasteiger charge is -2.07. The average Bonchev–Trinajstić information content (AvgIpc) is 2.73. The van der Waals surface area contributed by atoms with Crippen LogP contribution < -0.4 is 0 Å². The Bertz CT molecular complexity index is 773. The Hall–Kier alpha value is -2.60. The lowest BCUT2D eigenvalue weighted by atomic mass is 9.98. The molecule has 0 nitrogen and oxygen atoms in total. The Kier molecular flexibility index (Phi) is 15.2. The van der Waals surface area contributed by atoms with Crippen molar-refractivity contribution >= 4 is 23.8 Å². The summed E-state index contributed by atoms with van der Waals surface area (Å²) in [5.74, 6) is 0. The molecule has 0 saturated heterocycles. The highest BCUT2D eigenvalue weighted by atomic mass is 14.1. The van der Waals surface area contributed by atoms with Gasteiger partial charge in [-0.25, -0.2) is 0 Å². The molecule has 28 heavy (non-hydrogen) atoms. The number of allylic oxidation sites excluding steroid dienone is 1. The minimum Gasteiger partial charge on any atom is -0.0984 e. The van der Waals surface area contributed by atoms with Gasteiger partial charge in [0.05, 0.1) is 0 Å². The highest BCUT2D eigenvalue weighted by Gasteiger charge is 2.01. The molecule has 0 aliphatic heterocycles. The second kappa shape index (κ2) is 15.5. The minimum atomic E-state index is 1.09. The van der Waals surface area contributed by atoms with E-state index in [0.717, 1.165) is 16.7 Å². The highest BCUT2D eigenvalue weighted by Crippen LogP contribution is 2.20. The molecule has 0 saturated carbocycles. The van der Waals surface area contributed by atoms with E-state index >= 15 is 0 Å². The Morgan fingerprint density at radius 1 is 0.750 bits per heavy atom. The van der Waals surface area contributed by atoms with E-state index in [1.54, 1.807) is 0 Å². The SMILES string of the molecule is C=Cc1ccc(C)c(C)c1C=C.C=Cc1ccc(C)cc1C(=C)C.CC.CC. The van der Waals surface area contributed by atoms with Crippen molar-refractivity contribution < 1.29 is 0 Å². The predicted octanol–water partition coefficient (Wildman–Crippen LogP) is 9.31. The van der Waals surface area contributed by atoms with Crippen LogP contribution in [-0.4, -0.2) is 0 Å². The fourth-order valence-corrected chi connectivity index (χ4v) is 2.53. The number of hydrogen-bond acceptors (Lipinski definition) is 0. The number of hydrogen-bond donors (Lipinski definition) is 0. The van der Waals surface area contributed by atoms with E-state index in [4.69, 9.17) is 0 Å². The first-order chi connectivity index (χ1) is 13.3. The van der Waals surface area contributed by atoms with Crippen molar-refractivity contribution in [2.24, 2.45) is 0 Å². The second-order valence-corrected chi connectivity index (χ2v) is 5.99. The van der Waals surface area contributed by atoms with Gasteiger partial charge in [-0.05, 0) is 61.1 Å². The zero-order valence-corrected chi connectivity index (χ0v) is 19.4. The van der Waals surface area contributed by atoms with Gasteiger partial charge in [-0.3, -0.25) is 0 Å². The number of aryl methyl sites for hydroxylation is 2. The molecule has 0 amide bonds. The van der Waals surface area contributed by atoms with Gasteiger partial charge in [0.25, 0.3) is 0 Å². The van der Waals surface area contributed by atoms with Gasteiger partial charge in [-0.2, -0.15) is 0 Å². The van der Waals surface area contributed by atoms with Crippen LogP contribution in [0.1, 0.15) is 73.6 Å². The van der Waals surface area contributed by atoms with Crippen LogP contribution in [-0.2, 0) is 0 Å². The van der Waals surface area contributed by atoms with Gasteiger partial charge in [0.15, 0.2) is 0 Å². The molecule has 0 heteroatoms. The van der Waals surface area contributed by atoms with Gasteiger partial charge in [-0.1, -0.05) is 114 Å². The van der Waals surface area contributed by atoms with Crippen LogP contribution in [0.2, 0.25) is 0 Å². The van der Waals surface area contributed by atoms with Crippen molar-refractivity contribution in [2.75, 3.05) is 0 Å². The van der Waals surface area contributed by atoms with Crippen LogP contribution in [0.4, 0.5) is 0 Å². The van der Waals surface area contributed by atoms with Gasteiger partial charge in [0.2, 0.25) is 0 Å². The van der Waals surface area contributed by atoms with Crippen molar-refractivity contribution in [1.29, 1.82) is 0 Å². The topological polar surface area (TPSA) is 0 Å². The molecule has 0 aliphatic carbocycles. The smallest absolute Gasteiger partial charge is 0.0158 e. The van der Waals surface area contributed by atoms with Gasteiger partial charge in [0, 0.05) is 0 Å². The number of benzene rings is 2. The summed E-state index contributed by atoms with van der Waals surface area (Å²) in [6, 6.07) is 10.5. The van der Waals surface area contributed by atoms with E-state index in [1.807, 2.05) is 52.8 Å². The van der Waals surface area contributed by atoms with E-state index in [1.165, 1.54) is 27.8 Å².